The second-order valence-corrected chi connectivity index (χ2v) is 5.04. The van der Waals surface area contributed by atoms with Crippen LogP contribution in [0.3, 0.4) is 0 Å². The van der Waals surface area contributed by atoms with Crippen LogP contribution in [0.15, 0.2) is 4.99 Å². The molecule has 1 rings (SSSR count). The average Bonchev–Trinajstić information content (AvgIpc) is 2.72. The molecule has 1 atom stereocenters. The zero-order chi connectivity index (χ0) is 11.1. The Hall–Kier alpha value is -0.220. The Labute approximate surface area is 97.7 Å². The zero-order valence-corrected chi connectivity index (χ0v) is 10.9. The number of rotatable bonds is 6. The van der Waals surface area contributed by atoms with Crippen molar-refractivity contribution in [2.24, 2.45) is 4.99 Å². The molecule has 1 aliphatic rings. The van der Waals surface area contributed by atoms with Gasteiger partial charge in [-0.05, 0) is 19.5 Å². The van der Waals surface area contributed by atoms with Crippen LogP contribution in [0.2, 0.25) is 0 Å². The van der Waals surface area contributed by atoms with E-state index in [2.05, 4.69) is 36.0 Å². The van der Waals surface area contributed by atoms with Crippen molar-refractivity contribution >= 4 is 16.9 Å². The van der Waals surface area contributed by atoms with Crippen molar-refractivity contribution in [3.8, 4) is 0 Å². The van der Waals surface area contributed by atoms with Gasteiger partial charge in [0.1, 0.15) is 0 Å². The molecule has 0 saturated heterocycles. The van der Waals surface area contributed by atoms with E-state index in [-0.39, 0.29) is 0 Å². The van der Waals surface area contributed by atoms with Crippen LogP contribution in [0, 0.1) is 0 Å². The average molecular weight is 229 g/mol. The molecule has 0 radical (unpaired) electrons. The Morgan fingerprint density at radius 3 is 2.67 bits per heavy atom. The van der Waals surface area contributed by atoms with Crippen LogP contribution in [0.5, 0.6) is 0 Å². The molecule has 0 saturated carbocycles. The predicted molar refractivity (Wildman–Crippen MR) is 69.8 cm³/mol. The van der Waals surface area contributed by atoms with Crippen LogP contribution in [0.1, 0.15) is 27.2 Å². The Morgan fingerprint density at radius 1 is 1.40 bits per heavy atom. The standard InChI is InChI=1S/C11H23N3S/c1-4-10-9-13-11(15-10)12-7-8-14(5-2)6-3/h10H,4-9H2,1-3H3,(H,12,13). The number of thioether (sulfide) groups is 1. The molecule has 0 amide bonds. The number of likely N-dealkylation sites (N-methyl/N-ethyl adjacent to an activating group) is 1. The maximum atomic E-state index is 4.49. The van der Waals surface area contributed by atoms with Gasteiger partial charge in [0.2, 0.25) is 0 Å². The van der Waals surface area contributed by atoms with Crippen molar-refractivity contribution in [3.05, 3.63) is 0 Å². The van der Waals surface area contributed by atoms with Crippen molar-refractivity contribution in [2.45, 2.75) is 32.4 Å². The van der Waals surface area contributed by atoms with Crippen LogP contribution >= 0.6 is 11.8 Å². The van der Waals surface area contributed by atoms with E-state index in [0.717, 1.165) is 37.9 Å². The second-order valence-electron chi connectivity index (χ2n) is 3.75. The molecular formula is C11H23N3S. The molecule has 15 heavy (non-hydrogen) atoms. The van der Waals surface area contributed by atoms with Crippen LogP contribution in [-0.4, -0.2) is 48.0 Å². The van der Waals surface area contributed by atoms with Gasteiger partial charge in [-0.1, -0.05) is 32.5 Å². The highest BCUT2D eigenvalue weighted by atomic mass is 32.2. The Kier molecular flexibility index (Phi) is 6.10. The fourth-order valence-corrected chi connectivity index (χ4v) is 2.55. The summed E-state index contributed by atoms with van der Waals surface area (Å²) in [7, 11) is 0. The fourth-order valence-electron chi connectivity index (χ4n) is 1.59. The van der Waals surface area contributed by atoms with Crippen molar-refractivity contribution in [1.82, 2.24) is 10.2 Å². The van der Waals surface area contributed by atoms with Crippen molar-refractivity contribution in [1.29, 1.82) is 0 Å². The highest BCUT2D eigenvalue weighted by Crippen LogP contribution is 2.21. The molecule has 0 aromatic rings. The second kappa shape index (κ2) is 7.12. The van der Waals surface area contributed by atoms with E-state index < -0.39 is 0 Å². The summed E-state index contributed by atoms with van der Waals surface area (Å²) in [6, 6.07) is 0. The smallest absolute Gasteiger partial charge is 0.156 e. The summed E-state index contributed by atoms with van der Waals surface area (Å²) >= 11 is 1.90. The molecule has 1 heterocycles. The van der Waals surface area contributed by atoms with Crippen LogP contribution in [-0.2, 0) is 0 Å². The predicted octanol–water partition coefficient (Wildman–Crippen LogP) is 1.80. The van der Waals surface area contributed by atoms with Gasteiger partial charge in [0.05, 0.1) is 6.54 Å². The largest absolute Gasteiger partial charge is 0.364 e. The number of hydrogen-bond acceptors (Lipinski definition) is 4. The Morgan fingerprint density at radius 2 is 2.13 bits per heavy atom. The van der Waals surface area contributed by atoms with Gasteiger partial charge in [0.15, 0.2) is 5.17 Å². The number of aliphatic imine (C=N–C) groups is 1. The van der Waals surface area contributed by atoms with Gasteiger partial charge < -0.3 is 10.2 Å². The van der Waals surface area contributed by atoms with Crippen molar-refractivity contribution in [3.63, 3.8) is 0 Å². The number of amidine groups is 1. The molecule has 0 bridgehead atoms. The first kappa shape index (κ1) is 12.8. The first-order chi connectivity index (χ1) is 7.30. The lowest BCUT2D eigenvalue weighted by Gasteiger charge is -2.18. The van der Waals surface area contributed by atoms with Crippen molar-refractivity contribution < 1.29 is 0 Å². The minimum absolute atomic E-state index is 0.709. The third-order valence-electron chi connectivity index (χ3n) is 2.77. The molecule has 1 aliphatic heterocycles. The summed E-state index contributed by atoms with van der Waals surface area (Å²) in [6.45, 7) is 12.0. The molecule has 1 unspecified atom stereocenters. The summed E-state index contributed by atoms with van der Waals surface area (Å²) in [5.74, 6) is 0. The maximum absolute atomic E-state index is 4.49. The lowest BCUT2D eigenvalue weighted by molar-refractivity contribution is 0.309. The normalized spacial score (nSPS) is 20.8. The monoisotopic (exact) mass is 229 g/mol. The molecule has 0 aromatic carbocycles. The molecule has 3 nitrogen and oxygen atoms in total. The lowest BCUT2D eigenvalue weighted by Crippen LogP contribution is -2.33. The highest BCUT2D eigenvalue weighted by molar-refractivity contribution is 8.14. The van der Waals surface area contributed by atoms with E-state index in [9.17, 15) is 0 Å². The molecule has 0 fully saturated rings. The van der Waals surface area contributed by atoms with Gasteiger partial charge in [-0.3, -0.25) is 4.99 Å². The Balaban J connectivity index is 2.11. The van der Waals surface area contributed by atoms with E-state index >= 15 is 0 Å². The quantitative estimate of drug-likeness (QED) is 0.752. The highest BCUT2D eigenvalue weighted by Gasteiger charge is 2.16. The fraction of sp³-hybridized carbons (Fsp3) is 0.909. The van der Waals surface area contributed by atoms with E-state index in [1.807, 2.05) is 11.8 Å². The Bertz CT molecular complexity index is 202. The summed E-state index contributed by atoms with van der Waals surface area (Å²) in [5, 5.41) is 5.27. The molecule has 0 aliphatic carbocycles. The SMILES string of the molecule is CCC1CN=C(NCCN(CC)CC)S1. The van der Waals surface area contributed by atoms with Gasteiger partial charge in [-0.15, -0.1) is 0 Å². The van der Waals surface area contributed by atoms with E-state index in [1.54, 1.807) is 0 Å². The molecule has 1 N–H and O–H groups in total. The number of hydrogen-bond donors (Lipinski definition) is 1. The lowest BCUT2D eigenvalue weighted by atomic mass is 10.3. The van der Waals surface area contributed by atoms with E-state index in [4.69, 9.17) is 0 Å². The number of nitrogens with zero attached hydrogens (tertiary/aromatic N) is 2. The minimum atomic E-state index is 0.709. The summed E-state index contributed by atoms with van der Waals surface area (Å²) in [6.07, 6.45) is 1.22. The number of nitrogens with one attached hydrogen (secondary N) is 1. The van der Waals surface area contributed by atoms with Gasteiger partial charge >= 0.3 is 0 Å². The third kappa shape index (κ3) is 4.43. The van der Waals surface area contributed by atoms with Gasteiger partial charge in [0, 0.05) is 18.3 Å². The third-order valence-corrected chi connectivity index (χ3v) is 4.08. The topological polar surface area (TPSA) is 27.6 Å². The summed E-state index contributed by atoms with van der Waals surface area (Å²) in [5.41, 5.74) is 0. The van der Waals surface area contributed by atoms with E-state index in [1.165, 1.54) is 6.42 Å². The molecule has 88 valence electrons. The van der Waals surface area contributed by atoms with Crippen LogP contribution in [0.4, 0.5) is 0 Å². The minimum Gasteiger partial charge on any atom is -0.364 e. The van der Waals surface area contributed by atoms with Crippen molar-refractivity contribution in [2.75, 3.05) is 32.7 Å². The van der Waals surface area contributed by atoms with Gasteiger partial charge in [-0.25, -0.2) is 0 Å². The van der Waals surface area contributed by atoms with Crippen LogP contribution in [0.25, 0.3) is 0 Å². The van der Waals surface area contributed by atoms with Gasteiger partial charge in [0.25, 0.3) is 0 Å². The molecular weight excluding hydrogens is 206 g/mol. The first-order valence-corrected chi connectivity index (χ1v) is 6.85. The molecule has 0 aromatic heterocycles. The first-order valence-electron chi connectivity index (χ1n) is 5.97. The molecule has 4 heteroatoms. The van der Waals surface area contributed by atoms with E-state index in [0.29, 0.717) is 5.25 Å². The van der Waals surface area contributed by atoms with Gasteiger partial charge in [-0.2, -0.15) is 0 Å². The molecule has 0 spiro atoms. The van der Waals surface area contributed by atoms with Crippen LogP contribution < -0.4 is 5.32 Å². The zero-order valence-electron chi connectivity index (χ0n) is 10.1. The maximum Gasteiger partial charge on any atom is 0.156 e. The summed E-state index contributed by atoms with van der Waals surface area (Å²) in [4.78, 5) is 6.91. The summed E-state index contributed by atoms with van der Waals surface area (Å²) < 4.78 is 0.